The van der Waals surface area contributed by atoms with Crippen molar-refractivity contribution in [3.8, 4) is 0 Å². The van der Waals surface area contributed by atoms with Crippen LogP contribution in [-0.2, 0) is 17.9 Å². The van der Waals surface area contributed by atoms with Crippen LogP contribution in [0, 0.1) is 0 Å². The van der Waals surface area contributed by atoms with Crippen LogP contribution in [0.1, 0.15) is 25.6 Å². The van der Waals surface area contributed by atoms with Gasteiger partial charge in [0.05, 0.1) is 13.1 Å². The highest BCUT2D eigenvalue weighted by Gasteiger charge is 2.18. The number of carbonyl (C=O) groups excluding carboxylic acids is 1. The van der Waals surface area contributed by atoms with E-state index in [1.807, 2.05) is 11.6 Å². The normalized spacial score (nSPS) is 18.3. The number of carbonyl (C=O) groups is 1. The van der Waals surface area contributed by atoms with E-state index in [1.54, 1.807) is 6.33 Å². The molecule has 1 fully saturated rings. The maximum absolute atomic E-state index is 11.3. The second-order valence-corrected chi connectivity index (χ2v) is 3.84. The smallest absolute Gasteiger partial charge is 0.146 e. The minimum Gasteiger partial charge on any atom is -0.298 e. The molecule has 15 heavy (non-hydrogen) atoms. The Morgan fingerprint density at radius 3 is 3.13 bits per heavy atom. The molecule has 0 saturated carbocycles. The average Bonchev–Trinajstić information content (AvgIpc) is 2.65. The summed E-state index contributed by atoms with van der Waals surface area (Å²) in [5.74, 6) is 1.29. The van der Waals surface area contributed by atoms with Gasteiger partial charge in [0.1, 0.15) is 17.9 Å². The van der Waals surface area contributed by atoms with E-state index in [1.165, 1.54) is 0 Å². The Labute approximate surface area is 89.1 Å². The molecule has 82 valence electrons. The summed E-state index contributed by atoms with van der Waals surface area (Å²) < 4.78 is 1.87. The van der Waals surface area contributed by atoms with Gasteiger partial charge < -0.3 is 0 Å². The molecule has 0 amide bonds. The Kier molecular flexibility index (Phi) is 3.11. The average molecular weight is 208 g/mol. The van der Waals surface area contributed by atoms with Crippen molar-refractivity contribution >= 4 is 5.78 Å². The molecule has 2 rings (SSSR count). The van der Waals surface area contributed by atoms with Gasteiger partial charge in [-0.25, -0.2) is 9.67 Å². The van der Waals surface area contributed by atoms with Gasteiger partial charge in [0.25, 0.3) is 0 Å². The summed E-state index contributed by atoms with van der Waals surface area (Å²) in [6, 6.07) is 0. The van der Waals surface area contributed by atoms with E-state index in [4.69, 9.17) is 0 Å². The highest BCUT2D eigenvalue weighted by atomic mass is 16.1. The number of nitrogens with zero attached hydrogens (tertiary/aromatic N) is 4. The predicted molar refractivity (Wildman–Crippen MR) is 55.2 cm³/mol. The fraction of sp³-hybridized carbons (Fsp3) is 0.700. The van der Waals surface area contributed by atoms with Gasteiger partial charge in [0.15, 0.2) is 0 Å². The van der Waals surface area contributed by atoms with Crippen molar-refractivity contribution in [3.05, 3.63) is 12.2 Å². The summed E-state index contributed by atoms with van der Waals surface area (Å²) in [6.45, 7) is 5.16. The molecule has 1 aliphatic heterocycles. The largest absolute Gasteiger partial charge is 0.298 e. The van der Waals surface area contributed by atoms with E-state index in [0.29, 0.717) is 12.3 Å². The number of Topliss-reactive ketones (excluding diaryl/α,β-unsaturated/α-hetero) is 1. The van der Waals surface area contributed by atoms with Crippen LogP contribution in [0.25, 0.3) is 0 Å². The van der Waals surface area contributed by atoms with Gasteiger partial charge in [-0.3, -0.25) is 9.69 Å². The number of hydrogen-bond acceptors (Lipinski definition) is 4. The summed E-state index contributed by atoms with van der Waals surface area (Å²) in [5, 5.41) is 4.11. The molecule has 5 heteroatoms. The third-order valence-electron chi connectivity index (χ3n) is 2.69. The van der Waals surface area contributed by atoms with Gasteiger partial charge in [0, 0.05) is 13.0 Å². The minimum absolute atomic E-state index is 0.337. The topological polar surface area (TPSA) is 51.0 Å². The van der Waals surface area contributed by atoms with Gasteiger partial charge in [-0.2, -0.15) is 5.10 Å². The van der Waals surface area contributed by atoms with Crippen molar-refractivity contribution in [2.24, 2.45) is 0 Å². The molecular formula is C10H16N4O. The van der Waals surface area contributed by atoms with Crippen molar-refractivity contribution in [1.82, 2.24) is 19.7 Å². The van der Waals surface area contributed by atoms with E-state index in [0.717, 1.165) is 38.3 Å². The van der Waals surface area contributed by atoms with Gasteiger partial charge >= 0.3 is 0 Å². The third kappa shape index (κ3) is 2.41. The first-order chi connectivity index (χ1) is 7.29. The quantitative estimate of drug-likeness (QED) is 0.724. The van der Waals surface area contributed by atoms with Crippen LogP contribution in [0.3, 0.4) is 0 Å². The minimum atomic E-state index is 0.337. The van der Waals surface area contributed by atoms with E-state index in [9.17, 15) is 4.79 Å². The van der Waals surface area contributed by atoms with E-state index in [2.05, 4.69) is 15.0 Å². The number of likely N-dealkylation sites (tertiary alicyclic amines) is 1. The molecule has 0 aliphatic carbocycles. The maximum Gasteiger partial charge on any atom is 0.146 e. The fourth-order valence-electron chi connectivity index (χ4n) is 1.92. The zero-order valence-electron chi connectivity index (χ0n) is 9.02. The van der Waals surface area contributed by atoms with Crippen molar-refractivity contribution in [3.63, 3.8) is 0 Å². The van der Waals surface area contributed by atoms with Gasteiger partial charge in [-0.1, -0.05) is 0 Å². The number of ketones is 1. The molecule has 5 nitrogen and oxygen atoms in total. The lowest BCUT2D eigenvalue weighted by atomic mass is 10.1. The van der Waals surface area contributed by atoms with Crippen LogP contribution in [0.2, 0.25) is 0 Å². The Balaban J connectivity index is 1.98. The Morgan fingerprint density at radius 2 is 2.40 bits per heavy atom. The Morgan fingerprint density at radius 1 is 1.53 bits per heavy atom. The second kappa shape index (κ2) is 4.53. The van der Waals surface area contributed by atoms with Gasteiger partial charge in [-0.15, -0.1) is 0 Å². The number of hydrogen-bond donors (Lipinski definition) is 0. The summed E-state index contributed by atoms with van der Waals surface area (Å²) in [5.41, 5.74) is 0. The highest BCUT2D eigenvalue weighted by molar-refractivity contribution is 5.81. The Hall–Kier alpha value is -1.23. The van der Waals surface area contributed by atoms with E-state index >= 15 is 0 Å². The summed E-state index contributed by atoms with van der Waals surface area (Å²) in [4.78, 5) is 17.6. The van der Waals surface area contributed by atoms with Crippen molar-refractivity contribution in [2.75, 3.05) is 13.1 Å². The molecule has 2 heterocycles. The lowest BCUT2D eigenvalue weighted by Gasteiger charge is -2.24. The first-order valence-corrected chi connectivity index (χ1v) is 5.40. The monoisotopic (exact) mass is 208 g/mol. The third-order valence-corrected chi connectivity index (χ3v) is 2.69. The number of piperidine rings is 1. The lowest BCUT2D eigenvalue weighted by Crippen LogP contribution is -2.35. The second-order valence-electron chi connectivity index (χ2n) is 3.84. The molecule has 0 aromatic carbocycles. The van der Waals surface area contributed by atoms with Gasteiger partial charge in [0.2, 0.25) is 0 Å². The van der Waals surface area contributed by atoms with Crippen LogP contribution in [-0.4, -0.2) is 38.5 Å². The zero-order chi connectivity index (χ0) is 10.7. The van der Waals surface area contributed by atoms with E-state index in [-0.39, 0.29) is 0 Å². The number of aromatic nitrogens is 3. The van der Waals surface area contributed by atoms with Crippen molar-refractivity contribution in [2.45, 2.75) is 32.9 Å². The molecule has 1 aliphatic rings. The van der Waals surface area contributed by atoms with Crippen molar-refractivity contribution < 1.29 is 4.79 Å². The lowest BCUT2D eigenvalue weighted by molar-refractivity contribution is -0.122. The molecule has 1 aromatic rings. The molecule has 0 unspecified atom stereocenters. The van der Waals surface area contributed by atoms with Crippen LogP contribution >= 0.6 is 0 Å². The zero-order valence-corrected chi connectivity index (χ0v) is 9.02. The molecule has 0 atom stereocenters. The fourth-order valence-corrected chi connectivity index (χ4v) is 1.92. The first kappa shape index (κ1) is 10.3. The molecule has 0 bridgehead atoms. The molecule has 1 saturated heterocycles. The summed E-state index contributed by atoms with van der Waals surface area (Å²) in [6.07, 6.45) is 3.28. The number of rotatable bonds is 3. The van der Waals surface area contributed by atoms with Crippen LogP contribution in [0.5, 0.6) is 0 Å². The SMILES string of the molecule is CCn1ncnc1CN1CCCC(=O)C1. The van der Waals surface area contributed by atoms with Crippen LogP contribution in [0.15, 0.2) is 6.33 Å². The maximum atomic E-state index is 11.3. The highest BCUT2D eigenvalue weighted by Crippen LogP contribution is 2.09. The molecule has 0 spiro atoms. The molecular weight excluding hydrogens is 192 g/mol. The Bertz CT molecular complexity index is 347. The van der Waals surface area contributed by atoms with E-state index < -0.39 is 0 Å². The van der Waals surface area contributed by atoms with Crippen LogP contribution < -0.4 is 0 Å². The predicted octanol–water partition coefficient (Wildman–Crippen LogP) is 0.463. The van der Waals surface area contributed by atoms with Crippen molar-refractivity contribution in [1.29, 1.82) is 0 Å². The molecule has 0 N–H and O–H groups in total. The summed E-state index contributed by atoms with van der Waals surface area (Å²) in [7, 11) is 0. The van der Waals surface area contributed by atoms with Gasteiger partial charge in [-0.05, 0) is 19.9 Å². The summed E-state index contributed by atoms with van der Waals surface area (Å²) >= 11 is 0. The molecule has 0 radical (unpaired) electrons. The first-order valence-electron chi connectivity index (χ1n) is 5.40. The van der Waals surface area contributed by atoms with Crippen LogP contribution in [0.4, 0.5) is 0 Å². The molecule has 1 aromatic heterocycles. The number of aryl methyl sites for hydroxylation is 1. The standard InChI is InChI=1S/C10H16N4O/c1-2-14-10(11-8-12-14)7-13-5-3-4-9(15)6-13/h8H,2-7H2,1H3.